The van der Waals surface area contributed by atoms with Gasteiger partial charge in [-0.2, -0.15) is 0 Å². The normalized spacial score (nSPS) is 18.4. The van der Waals surface area contributed by atoms with Crippen LogP contribution in [0, 0.1) is 0 Å². The second-order valence-electron chi connectivity index (χ2n) is 5.48. The summed E-state index contributed by atoms with van der Waals surface area (Å²) in [5.74, 6) is 1.22. The van der Waals surface area contributed by atoms with Crippen molar-refractivity contribution in [3.05, 3.63) is 22.7 Å². The predicted octanol–water partition coefficient (Wildman–Crippen LogP) is 3.38. The molecule has 0 fully saturated rings. The Labute approximate surface area is 127 Å². The van der Waals surface area contributed by atoms with E-state index in [1.54, 1.807) is 13.2 Å². The molecule has 0 saturated heterocycles. The third kappa shape index (κ3) is 3.22. The molecule has 1 atom stereocenters. The molecule has 0 radical (unpaired) electrons. The van der Waals surface area contributed by atoms with Crippen LogP contribution in [0.4, 0.5) is 0 Å². The number of nitrogens with zero attached hydrogens (tertiary/aromatic N) is 1. The highest BCUT2D eigenvalue weighted by molar-refractivity contribution is 7.91. The van der Waals surface area contributed by atoms with Crippen molar-refractivity contribution < 1.29 is 14.0 Å². The van der Waals surface area contributed by atoms with E-state index in [4.69, 9.17) is 21.1 Å². The molecule has 0 amide bonds. The van der Waals surface area contributed by atoms with Gasteiger partial charge in [0, 0.05) is 18.1 Å². The van der Waals surface area contributed by atoms with Crippen molar-refractivity contribution in [3.8, 4) is 11.5 Å². The largest absolute Gasteiger partial charge is 0.591 e. The van der Waals surface area contributed by atoms with Crippen LogP contribution in [-0.4, -0.2) is 28.7 Å². The molecule has 0 aliphatic carbocycles. The van der Waals surface area contributed by atoms with Crippen molar-refractivity contribution in [1.82, 2.24) is 0 Å². The minimum Gasteiger partial charge on any atom is -0.591 e. The van der Waals surface area contributed by atoms with Crippen LogP contribution in [0.5, 0.6) is 11.5 Å². The monoisotopic (exact) mass is 315 g/mol. The Kier molecular flexibility index (Phi) is 4.52. The number of ether oxygens (including phenoxy) is 2. The van der Waals surface area contributed by atoms with Gasteiger partial charge in [-0.1, -0.05) is 16.0 Å². The summed E-state index contributed by atoms with van der Waals surface area (Å²) in [5.41, 5.74) is 1.51. The van der Waals surface area contributed by atoms with Crippen LogP contribution in [0.2, 0.25) is 5.02 Å². The Bertz CT molecular complexity index is 540. The van der Waals surface area contributed by atoms with Gasteiger partial charge in [0.1, 0.15) is 33.3 Å². The smallest absolute Gasteiger partial charge is 0.147 e. The van der Waals surface area contributed by atoms with Gasteiger partial charge in [0.15, 0.2) is 0 Å². The molecule has 0 saturated carbocycles. The first kappa shape index (κ1) is 15.5. The molecule has 0 aromatic heterocycles. The Hall–Kier alpha value is -0.910. The third-order valence-corrected chi connectivity index (χ3v) is 4.58. The summed E-state index contributed by atoms with van der Waals surface area (Å²) in [7, 11) is 1.58. The SMILES string of the molecule is COc1cc(Cl)c2c(c1)C(=N[S+]([O-])C(C)(C)C)CCO2. The third-order valence-electron chi connectivity index (χ3n) is 2.87. The van der Waals surface area contributed by atoms with Crippen molar-refractivity contribution in [3.63, 3.8) is 0 Å². The van der Waals surface area contributed by atoms with Gasteiger partial charge in [-0.25, -0.2) is 0 Å². The number of halogens is 1. The molecule has 1 unspecified atom stereocenters. The number of rotatable bonds is 2. The van der Waals surface area contributed by atoms with E-state index in [9.17, 15) is 4.55 Å². The van der Waals surface area contributed by atoms with Gasteiger partial charge in [-0.05, 0) is 26.8 Å². The van der Waals surface area contributed by atoms with Gasteiger partial charge in [0.2, 0.25) is 0 Å². The van der Waals surface area contributed by atoms with Crippen LogP contribution < -0.4 is 9.47 Å². The lowest BCUT2D eigenvalue weighted by atomic mass is 10.0. The molecule has 110 valence electrons. The highest BCUT2D eigenvalue weighted by Gasteiger charge is 2.29. The number of fused-ring (bicyclic) bond motifs is 1. The van der Waals surface area contributed by atoms with Gasteiger partial charge < -0.3 is 14.0 Å². The van der Waals surface area contributed by atoms with Gasteiger partial charge in [0.05, 0.1) is 18.7 Å². The second-order valence-corrected chi connectivity index (χ2v) is 7.80. The minimum absolute atomic E-state index is 0.395. The van der Waals surface area contributed by atoms with Crippen LogP contribution >= 0.6 is 11.6 Å². The second kappa shape index (κ2) is 5.84. The molecule has 4 nitrogen and oxygen atoms in total. The lowest BCUT2D eigenvalue weighted by molar-refractivity contribution is 0.319. The van der Waals surface area contributed by atoms with Crippen molar-refractivity contribution in [2.75, 3.05) is 13.7 Å². The Morgan fingerprint density at radius 1 is 1.40 bits per heavy atom. The lowest BCUT2D eigenvalue weighted by Gasteiger charge is -2.23. The van der Waals surface area contributed by atoms with E-state index in [1.165, 1.54) is 0 Å². The van der Waals surface area contributed by atoms with E-state index in [-0.39, 0.29) is 0 Å². The van der Waals surface area contributed by atoms with Gasteiger partial charge in [0.25, 0.3) is 0 Å². The van der Waals surface area contributed by atoms with Crippen LogP contribution in [0.1, 0.15) is 32.8 Å². The fourth-order valence-electron chi connectivity index (χ4n) is 1.76. The Balaban J connectivity index is 2.46. The molecule has 1 aliphatic heterocycles. The van der Waals surface area contributed by atoms with Crippen LogP contribution in [0.25, 0.3) is 0 Å². The van der Waals surface area contributed by atoms with Crippen molar-refractivity contribution >= 4 is 28.7 Å². The highest BCUT2D eigenvalue weighted by Crippen LogP contribution is 2.37. The summed E-state index contributed by atoms with van der Waals surface area (Å²) in [6.07, 6.45) is 0.609. The molecule has 0 spiro atoms. The minimum atomic E-state index is -1.31. The zero-order valence-corrected chi connectivity index (χ0v) is 13.6. The summed E-state index contributed by atoms with van der Waals surface area (Å²) in [6, 6.07) is 3.52. The maximum atomic E-state index is 12.2. The van der Waals surface area contributed by atoms with Crippen molar-refractivity contribution in [2.45, 2.75) is 31.9 Å². The zero-order valence-electron chi connectivity index (χ0n) is 12.0. The van der Waals surface area contributed by atoms with Crippen LogP contribution in [0.3, 0.4) is 0 Å². The van der Waals surface area contributed by atoms with Crippen LogP contribution in [0.15, 0.2) is 16.5 Å². The molecular weight excluding hydrogens is 298 g/mol. The van der Waals surface area contributed by atoms with E-state index in [2.05, 4.69) is 4.40 Å². The number of benzene rings is 1. The van der Waals surface area contributed by atoms with E-state index < -0.39 is 16.1 Å². The number of hydrogen-bond acceptors (Lipinski definition) is 4. The first-order chi connectivity index (χ1) is 9.32. The highest BCUT2D eigenvalue weighted by atomic mass is 35.5. The topological polar surface area (TPSA) is 53.9 Å². The molecule has 1 heterocycles. The van der Waals surface area contributed by atoms with Crippen molar-refractivity contribution in [2.24, 2.45) is 4.40 Å². The molecule has 1 aromatic rings. The summed E-state index contributed by atoms with van der Waals surface area (Å²) >= 11 is 4.87. The average molecular weight is 316 g/mol. The van der Waals surface area contributed by atoms with Gasteiger partial charge in [-0.15, -0.1) is 0 Å². The van der Waals surface area contributed by atoms with E-state index in [1.807, 2.05) is 26.8 Å². The summed E-state index contributed by atoms with van der Waals surface area (Å²) in [6.45, 7) is 6.17. The van der Waals surface area contributed by atoms with Gasteiger partial charge >= 0.3 is 0 Å². The zero-order chi connectivity index (χ0) is 14.9. The molecule has 20 heavy (non-hydrogen) atoms. The fourth-order valence-corrected chi connectivity index (χ4v) is 2.69. The van der Waals surface area contributed by atoms with E-state index in [0.717, 1.165) is 11.3 Å². The quantitative estimate of drug-likeness (QED) is 0.786. The molecule has 0 bridgehead atoms. The molecule has 2 rings (SSSR count). The summed E-state index contributed by atoms with van der Waals surface area (Å²) < 4.78 is 27.0. The number of hydrogen-bond donors (Lipinski definition) is 0. The standard InChI is InChI=1S/C14H18ClNO3S/c1-14(2,3)20(17)16-12-5-6-19-13-10(12)7-9(18-4)8-11(13)15/h7-8H,5-6H2,1-4H3. The molecular formula is C14H18ClNO3S. The maximum absolute atomic E-state index is 12.2. The Morgan fingerprint density at radius 2 is 2.10 bits per heavy atom. The lowest BCUT2D eigenvalue weighted by Crippen LogP contribution is -2.28. The first-order valence-corrected chi connectivity index (χ1v) is 7.81. The van der Waals surface area contributed by atoms with Crippen LogP contribution in [-0.2, 0) is 11.4 Å². The average Bonchev–Trinajstić information content (AvgIpc) is 2.38. The molecule has 0 N–H and O–H groups in total. The maximum Gasteiger partial charge on any atom is 0.147 e. The van der Waals surface area contributed by atoms with Crippen molar-refractivity contribution in [1.29, 1.82) is 0 Å². The van der Waals surface area contributed by atoms with Gasteiger partial charge in [-0.3, -0.25) is 0 Å². The Morgan fingerprint density at radius 3 is 2.70 bits per heavy atom. The van der Waals surface area contributed by atoms with E-state index in [0.29, 0.717) is 29.5 Å². The molecule has 6 heteroatoms. The summed E-state index contributed by atoms with van der Waals surface area (Å²) in [5, 5.41) is 0.480. The summed E-state index contributed by atoms with van der Waals surface area (Å²) in [4.78, 5) is 0. The predicted molar refractivity (Wildman–Crippen MR) is 82.5 cm³/mol. The first-order valence-electron chi connectivity index (χ1n) is 6.33. The molecule has 1 aromatic carbocycles. The fraction of sp³-hybridized carbons (Fsp3) is 0.500. The number of methoxy groups -OCH3 is 1. The molecule has 1 aliphatic rings. The van der Waals surface area contributed by atoms with E-state index >= 15 is 0 Å².